The van der Waals surface area contributed by atoms with E-state index in [1.807, 2.05) is 5.01 Å². The Hall–Kier alpha value is -1.76. The van der Waals surface area contributed by atoms with Gasteiger partial charge >= 0.3 is 0 Å². The average molecular weight is 697 g/mol. The van der Waals surface area contributed by atoms with Gasteiger partial charge in [-0.3, -0.25) is 5.01 Å². The first kappa shape index (κ1) is 44.4. The molecule has 2 atom stereocenters. The van der Waals surface area contributed by atoms with Crippen LogP contribution < -0.4 is 5.73 Å². The Balaban J connectivity index is 1.59. The molecule has 0 aromatic rings. The minimum atomic E-state index is -0.387. The van der Waals surface area contributed by atoms with E-state index >= 15 is 0 Å². The Morgan fingerprint density at radius 1 is 0.620 bits per heavy atom. The van der Waals surface area contributed by atoms with Gasteiger partial charge in [-0.25, -0.2) is 0 Å². The van der Waals surface area contributed by atoms with Gasteiger partial charge in [0.1, 0.15) is 6.04 Å². The van der Waals surface area contributed by atoms with Crippen LogP contribution >= 0.6 is 0 Å². The maximum atomic E-state index is 6.74. The molecule has 0 aliphatic carbocycles. The summed E-state index contributed by atoms with van der Waals surface area (Å²) in [5, 5.41) is 10.6. The molecule has 50 heavy (non-hydrogen) atoms. The molecule has 6 heteroatoms. The summed E-state index contributed by atoms with van der Waals surface area (Å²) in [5.74, 6) is -0.387. The van der Waals surface area contributed by atoms with Gasteiger partial charge in [0, 0.05) is 25.9 Å². The van der Waals surface area contributed by atoms with Crippen molar-refractivity contribution >= 4 is 0 Å². The zero-order chi connectivity index (χ0) is 35.6. The molecule has 0 aromatic carbocycles. The van der Waals surface area contributed by atoms with E-state index in [4.69, 9.17) is 15.2 Å². The van der Waals surface area contributed by atoms with Gasteiger partial charge in [-0.05, 0) is 83.5 Å². The molecule has 0 aromatic heterocycles. The zero-order valence-corrected chi connectivity index (χ0v) is 32.9. The van der Waals surface area contributed by atoms with E-state index in [2.05, 4.69) is 72.8 Å². The third kappa shape index (κ3) is 23.7. The number of allylic oxidation sites excluding steroid dienone is 8. The molecule has 2 unspecified atom stereocenters. The fourth-order valence-electron chi connectivity index (χ4n) is 6.92. The first-order chi connectivity index (χ1) is 24.7. The Kier molecular flexibility index (Phi) is 28.4. The fourth-order valence-corrected chi connectivity index (χ4v) is 6.92. The summed E-state index contributed by atoms with van der Waals surface area (Å²) in [6.45, 7) is 7.49. The Labute approximate surface area is 309 Å². The molecule has 6 nitrogen and oxygen atoms in total. The molecular weight excluding hydrogens is 617 g/mol. The number of ether oxygens (including phenoxy) is 2. The van der Waals surface area contributed by atoms with E-state index in [0.717, 1.165) is 45.2 Å². The van der Waals surface area contributed by atoms with Crippen LogP contribution in [0.25, 0.3) is 0 Å². The van der Waals surface area contributed by atoms with Crippen molar-refractivity contribution in [3.05, 3.63) is 48.6 Å². The highest BCUT2D eigenvalue weighted by Gasteiger charge is 2.40. The van der Waals surface area contributed by atoms with Crippen LogP contribution in [0.2, 0.25) is 0 Å². The first-order valence-corrected chi connectivity index (χ1v) is 21.5. The Bertz CT molecular complexity index is 866. The third-order valence-electron chi connectivity index (χ3n) is 10.2. The second kappa shape index (κ2) is 31.9. The van der Waals surface area contributed by atoms with Crippen molar-refractivity contribution < 1.29 is 9.47 Å². The summed E-state index contributed by atoms with van der Waals surface area (Å²) in [5.41, 5.74) is 5.78. The second-order valence-electron chi connectivity index (χ2n) is 14.9. The van der Waals surface area contributed by atoms with Gasteiger partial charge in [-0.1, -0.05) is 145 Å². The van der Waals surface area contributed by atoms with Crippen LogP contribution in [0.1, 0.15) is 187 Å². The van der Waals surface area contributed by atoms with Crippen LogP contribution in [0.15, 0.2) is 58.9 Å². The van der Waals surface area contributed by atoms with Gasteiger partial charge in [-0.15, -0.1) is 0 Å². The van der Waals surface area contributed by atoms with Gasteiger partial charge in [0.2, 0.25) is 0 Å². The summed E-state index contributed by atoms with van der Waals surface area (Å²) in [6, 6.07) is 0.141. The SMILES string of the molecule is CCCCC/C=C\C/C=C\CCCCCCCCC1(CCCCCCCC/C=C\C/C=C\CCCCC)OCC(CCN2CC(CN)N=N2)O1. The Morgan fingerprint density at radius 3 is 1.54 bits per heavy atom. The molecule has 0 spiro atoms. The summed E-state index contributed by atoms with van der Waals surface area (Å²) in [6.07, 6.45) is 52.5. The summed E-state index contributed by atoms with van der Waals surface area (Å²) in [7, 11) is 0. The molecule has 1 fully saturated rings. The zero-order valence-electron chi connectivity index (χ0n) is 32.9. The maximum Gasteiger partial charge on any atom is 0.168 e. The fraction of sp³-hybridized carbons (Fsp3) is 0.818. The highest BCUT2D eigenvalue weighted by atomic mass is 16.7. The lowest BCUT2D eigenvalue weighted by molar-refractivity contribution is -0.180. The number of unbranched alkanes of at least 4 members (excludes halogenated alkanes) is 18. The normalized spacial score (nSPS) is 19.2. The van der Waals surface area contributed by atoms with Crippen molar-refractivity contribution in [1.29, 1.82) is 0 Å². The highest BCUT2D eigenvalue weighted by molar-refractivity contribution is 4.93. The smallest absolute Gasteiger partial charge is 0.168 e. The van der Waals surface area contributed by atoms with Crippen molar-refractivity contribution in [1.82, 2.24) is 5.01 Å². The van der Waals surface area contributed by atoms with Crippen molar-refractivity contribution in [2.24, 2.45) is 16.1 Å². The molecule has 2 aliphatic heterocycles. The molecular formula is C44H80N4O2. The molecule has 0 bridgehead atoms. The standard InChI is InChI=1S/C44H80N4O2/c1-3-5-7-9-11-13-15-17-19-21-23-25-27-29-31-33-36-44(49-41-43(50-44)35-38-48-40-42(39-45)46-47-48)37-34-32-30-28-26-24-22-20-18-16-14-12-10-8-6-4-2/h11-14,17-20,42-43H,3-10,15-16,21-41,45H2,1-2H3/b13-11-,14-12-,19-17-,20-18-. The topological polar surface area (TPSA) is 72.4 Å². The lowest BCUT2D eigenvalue weighted by Gasteiger charge is -2.29. The first-order valence-electron chi connectivity index (χ1n) is 21.5. The molecule has 0 amide bonds. The van der Waals surface area contributed by atoms with Gasteiger partial charge in [0.15, 0.2) is 5.79 Å². The van der Waals surface area contributed by atoms with Crippen LogP contribution in [-0.4, -0.2) is 49.2 Å². The second-order valence-corrected chi connectivity index (χ2v) is 14.9. The van der Waals surface area contributed by atoms with Crippen LogP contribution in [0.4, 0.5) is 0 Å². The van der Waals surface area contributed by atoms with E-state index in [1.54, 1.807) is 0 Å². The quantitative estimate of drug-likeness (QED) is 0.0537. The van der Waals surface area contributed by atoms with Gasteiger partial charge in [0.25, 0.3) is 0 Å². The van der Waals surface area contributed by atoms with Crippen molar-refractivity contribution in [3.8, 4) is 0 Å². The number of rotatable bonds is 34. The number of nitrogens with two attached hydrogens (primary N) is 1. The lowest BCUT2D eigenvalue weighted by Crippen LogP contribution is -2.32. The minimum Gasteiger partial charge on any atom is -0.347 e. The number of nitrogens with zero attached hydrogens (tertiary/aromatic N) is 3. The van der Waals surface area contributed by atoms with Crippen LogP contribution in [0, 0.1) is 0 Å². The number of hydrogen-bond acceptors (Lipinski definition) is 6. The largest absolute Gasteiger partial charge is 0.347 e. The van der Waals surface area contributed by atoms with Crippen molar-refractivity contribution in [2.75, 3.05) is 26.2 Å². The van der Waals surface area contributed by atoms with E-state index in [-0.39, 0.29) is 17.9 Å². The Morgan fingerprint density at radius 2 is 1.08 bits per heavy atom. The van der Waals surface area contributed by atoms with E-state index in [9.17, 15) is 0 Å². The minimum absolute atomic E-state index is 0.141. The molecule has 0 saturated carbocycles. The molecule has 2 rings (SSSR count). The van der Waals surface area contributed by atoms with Gasteiger partial charge in [0.05, 0.1) is 19.3 Å². The van der Waals surface area contributed by atoms with Gasteiger partial charge in [-0.2, -0.15) is 5.11 Å². The third-order valence-corrected chi connectivity index (χ3v) is 10.2. The van der Waals surface area contributed by atoms with E-state index in [1.165, 1.54) is 141 Å². The predicted molar refractivity (Wildman–Crippen MR) is 215 cm³/mol. The average Bonchev–Trinajstić information content (AvgIpc) is 3.77. The maximum absolute atomic E-state index is 6.74. The van der Waals surface area contributed by atoms with E-state index in [0.29, 0.717) is 13.2 Å². The molecule has 0 radical (unpaired) electrons. The molecule has 2 aliphatic rings. The van der Waals surface area contributed by atoms with Crippen LogP contribution in [-0.2, 0) is 9.47 Å². The summed E-state index contributed by atoms with van der Waals surface area (Å²) >= 11 is 0. The highest BCUT2D eigenvalue weighted by Crippen LogP contribution is 2.36. The lowest BCUT2D eigenvalue weighted by atomic mass is 9.98. The van der Waals surface area contributed by atoms with E-state index < -0.39 is 0 Å². The van der Waals surface area contributed by atoms with Crippen molar-refractivity contribution in [2.45, 2.75) is 205 Å². The molecule has 288 valence electrons. The molecule has 1 saturated heterocycles. The molecule has 2 heterocycles. The number of hydrogen-bond donors (Lipinski definition) is 1. The summed E-state index contributed by atoms with van der Waals surface area (Å²) < 4.78 is 13.3. The predicted octanol–water partition coefficient (Wildman–Crippen LogP) is 12.9. The summed E-state index contributed by atoms with van der Waals surface area (Å²) in [4.78, 5) is 0. The molecule has 2 N–H and O–H groups in total. The van der Waals surface area contributed by atoms with Crippen LogP contribution in [0.5, 0.6) is 0 Å². The van der Waals surface area contributed by atoms with Gasteiger partial charge < -0.3 is 15.2 Å². The van der Waals surface area contributed by atoms with Crippen molar-refractivity contribution in [3.63, 3.8) is 0 Å². The monoisotopic (exact) mass is 697 g/mol. The van der Waals surface area contributed by atoms with Crippen LogP contribution in [0.3, 0.4) is 0 Å².